The van der Waals surface area contributed by atoms with Crippen LogP contribution in [0.15, 0.2) is 40.3 Å². The number of halogens is 1. The van der Waals surface area contributed by atoms with E-state index in [9.17, 15) is 17.6 Å². The molecule has 0 spiro atoms. The van der Waals surface area contributed by atoms with Gasteiger partial charge in [-0.3, -0.25) is 4.79 Å². The molecule has 0 bridgehead atoms. The van der Waals surface area contributed by atoms with E-state index in [2.05, 4.69) is 10.0 Å². The first kappa shape index (κ1) is 18.0. The average Bonchev–Trinajstić information content (AvgIpc) is 2.98. The third-order valence-electron chi connectivity index (χ3n) is 4.11. The number of sulfonamides is 1. The molecule has 3 rings (SSSR count). The number of benzene rings is 1. The molecule has 0 radical (unpaired) electrons. The lowest BCUT2D eigenvalue weighted by molar-refractivity contribution is 0.0926. The van der Waals surface area contributed by atoms with Gasteiger partial charge in [0, 0.05) is 23.9 Å². The summed E-state index contributed by atoms with van der Waals surface area (Å²) >= 11 is 1.63. The van der Waals surface area contributed by atoms with Crippen molar-refractivity contribution in [2.75, 3.05) is 12.8 Å². The summed E-state index contributed by atoms with van der Waals surface area (Å²) in [7, 11) is -0.707. The number of rotatable bonds is 4. The SMILES string of the molecule is CNS(=O)(=O)c1cc(C(=O)NC2CCSc3ccc(F)cc32)n(C)c1. The van der Waals surface area contributed by atoms with Gasteiger partial charge in [0.1, 0.15) is 16.4 Å². The normalized spacial score (nSPS) is 17.2. The molecule has 6 nitrogen and oxygen atoms in total. The number of carbonyl (C=O) groups excluding carboxylic acids is 1. The maximum Gasteiger partial charge on any atom is 0.268 e. The van der Waals surface area contributed by atoms with E-state index in [1.165, 1.54) is 36.0 Å². The van der Waals surface area contributed by atoms with Gasteiger partial charge in [-0.15, -0.1) is 11.8 Å². The van der Waals surface area contributed by atoms with Crippen molar-refractivity contribution in [3.63, 3.8) is 0 Å². The number of hydrogen-bond donors (Lipinski definition) is 2. The van der Waals surface area contributed by atoms with Crippen LogP contribution >= 0.6 is 11.8 Å². The zero-order valence-corrected chi connectivity index (χ0v) is 15.4. The van der Waals surface area contributed by atoms with Crippen LogP contribution in [0.25, 0.3) is 0 Å². The molecule has 0 saturated carbocycles. The van der Waals surface area contributed by atoms with Gasteiger partial charge in [-0.25, -0.2) is 17.5 Å². The van der Waals surface area contributed by atoms with Crippen molar-refractivity contribution < 1.29 is 17.6 Å². The minimum absolute atomic E-state index is 0.0216. The lowest BCUT2D eigenvalue weighted by Crippen LogP contribution is -2.31. The zero-order valence-electron chi connectivity index (χ0n) is 13.7. The first-order valence-corrected chi connectivity index (χ1v) is 10.1. The fraction of sp³-hybridized carbons (Fsp3) is 0.312. The standard InChI is InChI=1S/C16H18FN3O3S2/c1-18-25(22,23)11-8-14(20(2)9-11)16(21)19-13-5-6-24-15-4-3-10(17)7-12(13)15/h3-4,7-9,13,18H,5-6H2,1-2H3,(H,19,21). The van der Waals surface area contributed by atoms with Gasteiger partial charge in [0.15, 0.2) is 0 Å². The molecule has 1 amide bonds. The van der Waals surface area contributed by atoms with Crippen molar-refractivity contribution in [3.05, 3.63) is 47.5 Å². The Balaban J connectivity index is 1.86. The van der Waals surface area contributed by atoms with Gasteiger partial charge >= 0.3 is 0 Å². The molecule has 2 N–H and O–H groups in total. The molecule has 1 aliphatic heterocycles. The van der Waals surface area contributed by atoms with Gasteiger partial charge in [-0.2, -0.15) is 0 Å². The molecule has 0 aliphatic carbocycles. The number of nitrogens with zero attached hydrogens (tertiary/aromatic N) is 1. The summed E-state index contributed by atoms with van der Waals surface area (Å²) in [5, 5.41) is 2.89. The van der Waals surface area contributed by atoms with Crippen LogP contribution in [0.2, 0.25) is 0 Å². The highest BCUT2D eigenvalue weighted by Gasteiger charge is 2.25. The van der Waals surface area contributed by atoms with Gasteiger partial charge < -0.3 is 9.88 Å². The molecule has 0 fully saturated rings. The van der Waals surface area contributed by atoms with E-state index < -0.39 is 15.9 Å². The van der Waals surface area contributed by atoms with Crippen molar-refractivity contribution in [1.29, 1.82) is 0 Å². The Kier molecular flexibility index (Phi) is 4.90. The molecule has 1 unspecified atom stereocenters. The first-order chi connectivity index (χ1) is 11.8. The van der Waals surface area contributed by atoms with Gasteiger partial charge in [0.25, 0.3) is 5.91 Å². The molecule has 1 aromatic carbocycles. The smallest absolute Gasteiger partial charge is 0.268 e. The Labute approximate surface area is 149 Å². The number of nitrogens with one attached hydrogen (secondary N) is 2. The second-order valence-corrected chi connectivity index (χ2v) is 8.75. The average molecular weight is 383 g/mol. The summed E-state index contributed by atoms with van der Waals surface area (Å²) in [5.74, 6) is 0.0738. The quantitative estimate of drug-likeness (QED) is 0.847. The number of aromatic nitrogens is 1. The Morgan fingerprint density at radius 3 is 2.84 bits per heavy atom. The van der Waals surface area contributed by atoms with Crippen LogP contribution in [0.3, 0.4) is 0 Å². The van der Waals surface area contributed by atoms with E-state index in [1.807, 2.05) is 0 Å². The highest BCUT2D eigenvalue weighted by atomic mass is 32.2. The van der Waals surface area contributed by atoms with Gasteiger partial charge in [0.2, 0.25) is 10.0 Å². The predicted octanol–water partition coefficient (Wildman–Crippen LogP) is 2.04. The van der Waals surface area contributed by atoms with Gasteiger partial charge in [-0.05, 0) is 43.3 Å². The van der Waals surface area contributed by atoms with Crippen LogP contribution in [0.1, 0.15) is 28.5 Å². The largest absolute Gasteiger partial charge is 0.345 e. The van der Waals surface area contributed by atoms with Crippen molar-refractivity contribution in [3.8, 4) is 0 Å². The Bertz CT molecular complexity index is 925. The molecule has 134 valence electrons. The molecule has 1 atom stereocenters. The van der Waals surface area contributed by atoms with Gasteiger partial charge in [0.05, 0.1) is 6.04 Å². The summed E-state index contributed by atoms with van der Waals surface area (Å²) in [6.45, 7) is 0. The maximum atomic E-state index is 13.6. The number of hydrogen-bond acceptors (Lipinski definition) is 4. The molecule has 0 saturated heterocycles. The Morgan fingerprint density at radius 2 is 2.12 bits per heavy atom. The molecular formula is C16H18FN3O3S2. The van der Waals surface area contributed by atoms with Crippen LogP contribution in [0, 0.1) is 5.82 Å². The van der Waals surface area contributed by atoms with Crippen molar-refractivity contribution in [2.45, 2.75) is 22.3 Å². The van der Waals surface area contributed by atoms with Crippen molar-refractivity contribution >= 4 is 27.7 Å². The number of amides is 1. The second kappa shape index (κ2) is 6.81. The monoisotopic (exact) mass is 383 g/mol. The van der Waals surface area contributed by atoms with E-state index in [-0.39, 0.29) is 22.4 Å². The molecule has 1 aliphatic rings. The summed E-state index contributed by atoms with van der Waals surface area (Å²) in [6, 6.07) is 5.58. The predicted molar refractivity (Wildman–Crippen MR) is 93.6 cm³/mol. The van der Waals surface area contributed by atoms with Gasteiger partial charge in [-0.1, -0.05) is 0 Å². The molecule has 1 aromatic heterocycles. The molecule has 9 heteroatoms. The molecule has 25 heavy (non-hydrogen) atoms. The summed E-state index contributed by atoms with van der Waals surface area (Å²) in [5.41, 5.74) is 0.979. The lowest BCUT2D eigenvalue weighted by atomic mass is 10.0. The van der Waals surface area contributed by atoms with E-state index in [4.69, 9.17) is 0 Å². The second-order valence-electron chi connectivity index (χ2n) is 5.72. The van der Waals surface area contributed by atoms with Crippen LogP contribution in [0.4, 0.5) is 4.39 Å². The summed E-state index contributed by atoms with van der Waals surface area (Å²) < 4.78 is 41.0. The van der Waals surface area contributed by atoms with Crippen LogP contribution < -0.4 is 10.0 Å². The minimum Gasteiger partial charge on any atom is -0.345 e. The number of aryl methyl sites for hydroxylation is 1. The van der Waals surface area contributed by atoms with E-state index >= 15 is 0 Å². The fourth-order valence-corrected chi connectivity index (χ4v) is 4.68. The van der Waals surface area contributed by atoms with Crippen molar-refractivity contribution in [2.24, 2.45) is 7.05 Å². The minimum atomic E-state index is -3.62. The van der Waals surface area contributed by atoms with E-state index in [0.29, 0.717) is 6.42 Å². The highest BCUT2D eigenvalue weighted by Crippen LogP contribution is 2.36. The Hall–Kier alpha value is -1.84. The first-order valence-electron chi connectivity index (χ1n) is 7.65. The van der Waals surface area contributed by atoms with E-state index in [1.54, 1.807) is 24.9 Å². The van der Waals surface area contributed by atoms with Crippen LogP contribution in [-0.2, 0) is 17.1 Å². The Morgan fingerprint density at radius 1 is 1.36 bits per heavy atom. The van der Waals surface area contributed by atoms with Crippen molar-refractivity contribution in [1.82, 2.24) is 14.6 Å². The highest BCUT2D eigenvalue weighted by molar-refractivity contribution is 7.99. The summed E-state index contributed by atoms with van der Waals surface area (Å²) in [4.78, 5) is 13.6. The third kappa shape index (κ3) is 3.58. The molecule has 2 heterocycles. The fourth-order valence-electron chi connectivity index (χ4n) is 2.77. The zero-order chi connectivity index (χ0) is 18.2. The topological polar surface area (TPSA) is 80.2 Å². The van der Waals surface area contributed by atoms with Crippen LogP contribution in [0.5, 0.6) is 0 Å². The summed E-state index contributed by atoms with van der Waals surface area (Å²) in [6.07, 6.45) is 2.06. The lowest BCUT2D eigenvalue weighted by Gasteiger charge is -2.26. The molecular weight excluding hydrogens is 365 g/mol. The molecule has 2 aromatic rings. The number of fused-ring (bicyclic) bond motifs is 1. The number of thioether (sulfide) groups is 1. The third-order valence-corrected chi connectivity index (χ3v) is 6.61. The maximum absolute atomic E-state index is 13.6. The van der Waals surface area contributed by atoms with Crippen LogP contribution in [-0.4, -0.2) is 31.7 Å². The van der Waals surface area contributed by atoms with E-state index in [0.717, 1.165) is 16.2 Å². The number of carbonyl (C=O) groups is 1.